The van der Waals surface area contributed by atoms with Gasteiger partial charge in [-0.25, -0.2) is 4.98 Å². The largest absolute Gasteiger partial charge is 0.424 e. The van der Waals surface area contributed by atoms with Crippen molar-refractivity contribution in [1.29, 1.82) is 0 Å². The normalized spacial score (nSPS) is 10.4. The van der Waals surface area contributed by atoms with E-state index in [0.717, 1.165) is 36.5 Å². The predicted octanol–water partition coefficient (Wildman–Crippen LogP) is 3.08. The molecule has 0 saturated carbocycles. The first-order chi connectivity index (χ1) is 9.29. The summed E-state index contributed by atoms with van der Waals surface area (Å²) in [6.45, 7) is 5.92. The Morgan fingerprint density at radius 1 is 1.21 bits per heavy atom. The maximum absolute atomic E-state index is 5.60. The van der Waals surface area contributed by atoms with Crippen molar-refractivity contribution in [2.75, 3.05) is 6.54 Å². The molecule has 0 spiro atoms. The van der Waals surface area contributed by atoms with Crippen LogP contribution >= 0.6 is 0 Å². The Bertz CT molecular complexity index is 514. The third-order valence-electron chi connectivity index (χ3n) is 2.75. The molecule has 0 saturated heterocycles. The number of para-hydroxylation sites is 1. The van der Waals surface area contributed by atoms with Gasteiger partial charge < -0.3 is 10.1 Å². The first-order valence-corrected chi connectivity index (χ1v) is 6.55. The molecular weight excluding hydrogens is 238 g/mol. The van der Waals surface area contributed by atoms with Crippen molar-refractivity contribution < 1.29 is 4.74 Å². The summed E-state index contributed by atoms with van der Waals surface area (Å²) in [5.74, 6) is 0.749. The van der Waals surface area contributed by atoms with Crippen molar-refractivity contribution in [1.82, 2.24) is 15.3 Å². The van der Waals surface area contributed by atoms with Crippen molar-refractivity contribution in [2.45, 2.75) is 26.8 Å². The fourth-order valence-corrected chi connectivity index (χ4v) is 1.69. The number of nitrogens with zero attached hydrogens (tertiary/aromatic N) is 2. The van der Waals surface area contributed by atoms with Gasteiger partial charge in [-0.2, -0.15) is 4.98 Å². The molecule has 1 N–H and O–H groups in total. The zero-order chi connectivity index (χ0) is 13.5. The van der Waals surface area contributed by atoms with E-state index in [9.17, 15) is 0 Å². The van der Waals surface area contributed by atoms with Crippen LogP contribution in [-0.2, 0) is 6.54 Å². The van der Waals surface area contributed by atoms with Crippen LogP contribution in [0.1, 0.15) is 24.6 Å². The van der Waals surface area contributed by atoms with E-state index in [1.807, 2.05) is 43.5 Å². The second-order valence-electron chi connectivity index (χ2n) is 4.36. The molecule has 0 aliphatic carbocycles. The number of aryl methyl sites for hydroxylation is 1. The Kier molecular flexibility index (Phi) is 4.86. The summed E-state index contributed by atoms with van der Waals surface area (Å²) in [5, 5.41) is 3.34. The number of benzene rings is 1. The average molecular weight is 257 g/mol. The molecule has 1 aromatic heterocycles. The highest BCUT2D eigenvalue weighted by Crippen LogP contribution is 2.17. The standard InChI is InChI=1S/C15H19N3O/c1-3-9-16-10-13-11-17-15(18-12(13)2)19-14-7-5-4-6-8-14/h4-8,11,16H,3,9-10H2,1-2H3. The molecule has 0 unspecified atom stereocenters. The highest BCUT2D eigenvalue weighted by molar-refractivity contribution is 5.25. The zero-order valence-electron chi connectivity index (χ0n) is 11.4. The van der Waals surface area contributed by atoms with Crippen LogP contribution in [0.3, 0.4) is 0 Å². The molecule has 4 nitrogen and oxygen atoms in total. The molecule has 0 fully saturated rings. The van der Waals surface area contributed by atoms with Crippen molar-refractivity contribution in [2.24, 2.45) is 0 Å². The molecular formula is C15H19N3O. The van der Waals surface area contributed by atoms with Crippen LogP contribution in [-0.4, -0.2) is 16.5 Å². The number of nitrogens with one attached hydrogen (secondary N) is 1. The van der Waals surface area contributed by atoms with E-state index in [1.165, 1.54) is 0 Å². The van der Waals surface area contributed by atoms with Gasteiger partial charge >= 0.3 is 6.01 Å². The van der Waals surface area contributed by atoms with Gasteiger partial charge in [-0.15, -0.1) is 0 Å². The van der Waals surface area contributed by atoms with Gasteiger partial charge in [0.15, 0.2) is 0 Å². The smallest absolute Gasteiger partial charge is 0.322 e. The van der Waals surface area contributed by atoms with Crippen molar-refractivity contribution in [3.05, 3.63) is 47.8 Å². The third-order valence-corrected chi connectivity index (χ3v) is 2.75. The van der Waals surface area contributed by atoms with Gasteiger partial charge in [0.25, 0.3) is 0 Å². The van der Waals surface area contributed by atoms with Gasteiger partial charge in [-0.3, -0.25) is 0 Å². The quantitative estimate of drug-likeness (QED) is 0.808. The van der Waals surface area contributed by atoms with E-state index in [2.05, 4.69) is 22.2 Å². The summed E-state index contributed by atoms with van der Waals surface area (Å²) in [6.07, 6.45) is 2.94. The van der Waals surface area contributed by atoms with Crippen LogP contribution in [0.2, 0.25) is 0 Å². The summed E-state index contributed by atoms with van der Waals surface area (Å²) in [6, 6.07) is 9.95. The van der Waals surface area contributed by atoms with E-state index in [0.29, 0.717) is 6.01 Å². The van der Waals surface area contributed by atoms with Gasteiger partial charge in [0, 0.05) is 24.0 Å². The third kappa shape index (κ3) is 4.03. The molecule has 19 heavy (non-hydrogen) atoms. The van der Waals surface area contributed by atoms with Gasteiger partial charge in [0.2, 0.25) is 0 Å². The average Bonchev–Trinajstić information content (AvgIpc) is 2.43. The Balaban J connectivity index is 2.02. The lowest BCUT2D eigenvalue weighted by Crippen LogP contribution is -2.15. The molecule has 4 heteroatoms. The summed E-state index contributed by atoms with van der Waals surface area (Å²) < 4.78 is 5.60. The Labute approximate surface area is 113 Å². The Hall–Kier alpha value is -1.94. The first-order valence-electron chi connectivity index (χ1n) is 6.55. The van der Waals surface area contributed by atoms with Crippen molar-refractivity contribution >= 4 is 0 Å². The van der Waals surface area contributed by atoms with Crippen molar-refractivity contribution in [3.63, 3.8) is 0 Å². The monoisotopic (exact) mass is 257 g/mol. The maximum atomic E-state index is 5.60. The molecule has 0 aliphatic heterocycles. The minimum atomic E-state index is 0.392. The topological polar surface area (TPSA) is 47.0 Å². The lowest BCUT2D eigenvalue weighted by molar-refractivity contribution is 0.439. The van der Waals surface area contributed by atoms with Crippen molar-refractivity contribution in [3.8, 4) is 11.8 Å². The molecule has 0 amide bonds. The molecule has 2 aromatic rings. The Morgan fingerprint density at radius 2 is 2.00 bits per heavy atom. The van der Waals surface area contributed by atoms with Crippen LogP contribution in [0.5, 0.6) is 11.8 Å². The maximum Gasteiger partial charge on any atom is 0.322 e. The minimum Gasteiger partial charge on any atom is -0.424 e. The van der Waals surface area contributed by atoms with Gasteiger partial charge in [-0.1, -0.05) is 25.1 Å². The Morgan fingerprint density at radius 3 is 2.68 bits per heavy atom. The summed E-state index contributed by atoms with van der Waals surface area (Å²) in [4.78, 5) is 8.61. The highest BCUT2D eigenvalue weighted by atomic mass is 16.5. The molecule has 1 aromatic carbocycles. The lowest BCUT2D eigenvalue weighted by Gasteiger charge is -2.08. The number of aromatic nitrogens is 2. The molecule has 100 valence electrons. The highest BCUT2D eigenvalue weighted by Gasteiger charge is 2.04. The van der Waals surface area contributed by atoms with Crippen LogP contribution in [0.25, 0.3) is 0 Å². The molecule has 0 aliphatic rings. The van der Waals surface area contributed by atoms with E-state index >= 15 is 0 Å². The lowest BCUT2D eigenvalue weighted by atomic mass is 10.2. The van der Waals surface area contributed by atoms with Gasteiger partial charge in [0.05, 0.1) is 0 Å². The summed E-state index contributed by atoms with van der Waals surface area (Å²) in [5.41, 5.74) is 2.05. The SMILES string of the molecule is CCCNCc1cnc(Oc2ccccc2)nc1C. The molecule has 0 atom stereocenters. The summed E-state index contributed by atoms with van der Waals surface area (Å²) in [7, 11) is 0. The molecule has 2 rings (SSSR count). The minimum absolute atomic E-state index is 0.392. The van der Waals surface area contributed by atoms with Crippen LogP contribution in [0, 0.1) is 6.92 Å². The summed E-state index contributed by atoms with van der Waals surface area (Å²) >= 11 is 0. The number of rotatable bonds is 6. The first kappa shape index (κ1) is 13.5. The van der Waals surface area contributed by atoms with Gasteiger partial charge in [-0.05, 0) is 32.0 Å². The molecule has 1 heterocycles. The fourth-order valence-electron chi connectivity index (χ4n) is 1.69. The van der Waals surface area contributed by atoms with E-state index in [-0.39, 0.29) is 0 Å². The zero-order valence-corrected chi connectivity index (χ0v) is 11.4. The van der Waals surface area contributed by atoms with E-state index in [1.54, 1.807) is 0 Å². The molecule has 0 bridgehead atoms. The van der Waals surface area contributed by atoms with E-state index in [4.69, 9.17) is 4.74 Å². The van der Waals surface area contributed by atoms with Crippen LogP contribution in [0.15, 0.2) is 36.5 Å². The van der Waals surface area contributed by atoms with Gasteiger partial charge in [0.1, 0.15) is 5.75 Å². The molecule has 0 radical (unpaired) electrons. The number of hydrogen-bond donors (Lipinski definition) is 1. The van der Waals surface area contributed by atoms with E-state index < -0.39 is 0 Å². The van der Waals surface area contributed by atoms with Crippen LogP contribution < -0.4 is 10.1 Å². The second kappa shape index (κ2) is 6.85. The van der Waals surface area contributed by atoms with Crippen LogP contribution in [0.4, 0.5) is 0 Å². The second-order valence-corrected chi connectivity index (χ2v) is 4.36. The predicted molar refractivity (Wildman–Crippen MR) is 75.3 cm³/mol. The number of ether oxygens (including phenoxy) is 1. The number of hydrogen-bond acceptors (Lipinski definition) is 4. The fraction of sp³-hybridized carbons (Fsp3) is 0.333.